The number of benzene rings is 4. The Labute approximate surface area is 280 Å². The minimum absolute atomic E-state index is 0.0163. The second-order valence-corrected chi connectivity index (χ2v) is 14.0. The van der Waals surface area contributed by atoms with Crippen LogP contribution in [-0.2, 0) is 32.6 Å². The molecular weight excluding hydrogens is 666 g/mol. The van der Waals surface area contributed by atoms with Gasteiger partial charge in [-0.05, 0) is 72.5 Å². The van der Waals surface area contributed by atoms with E-state index in [9.17, 15) is 18.0 Å². The number of amides is 2. The van der Waals surface area contributed by atoms with Crippen LogP contribution in [0.2, 0.25) is 0 Å². The number of nitrogens with zero attached hydrogens (tertiary/aromatic N) is 2. The van der Waals surface area contributed by atoms with E-state index in [0.717, 1.165) is 19.9 Å². The second kappa shape index (κ2) is 16.4. The molecule has 10 heteroatoms. The van der Waals surface area contributed by atoms with Crippen LogP contribution in [0.25, 0.3) is 0 Å². The summed E-state index contributed by atoms with van der Waals surface area (Å²) >= 11 is 3.46. The van der Waals surface area contributed by atoms with Gasteiger partial charge in [-0.3, -0.25) is 13.9 Å². The number of nitrogens with one attached hydrogen (secondary N) is 1. The Kier molecular flexibility index (Phi) is 12.4. The molecule has 8 nitrogen and oxygen atoms in total. The molecule has 46 heavy (non-hydrogen) atoms. The second-order valence-electron chi connectivity index (χ2n) is 11.2. The van der Waals surface area contributed by atoms with Crippen molar-refractivity contribution >= 4 is 43.5 Å². The fraction of sp³-hybridized carbons (Fsp3) is 0.278. The monoisotopic (exact) mass is 705 g/mol. The number of rotatable bonds is 15. The Hall–Kier alpha value is -4.15. The van der Waals surface area contributed by atoms with E-state index >= 15 is 0 Å². The zero-order valence-electron chi connectivity index (χ0n) is 26.3. The van der Waals surface area contributed by atoms with E-state index in [4.69, 9.17) is 4.74 Å². The van der Waals surface area contributed by atoms with E-state index in [-0.39, 0.29) is 29.7 Å². The van der Waals surface area contributed by atoms with Crippen molar-refractivity contribution in [2.75, 3.05) is 24.0 Å². The molecule has 0 heterocycles. The Morgan fingerprint density at radius 3 is 2.02 bits per heavy atom. The maximum atomic E-state index is 14.5. The molecule has 0 radical (unpaired) electrons. The largest absolute Gasteiger partial charge is 0.494 e. The van der Waals surface area contributed by atoms with Gasteiger partial charge in [0.2, 0.25) is 11.8 Å². The lowest BCUT2D eigenvalue weighted by molar-refractivity contribution is -0.140. The van der Waals surface area contributed by atoms with Crippen molar-refractivity contribution in [3.8, 4) is 5.75 Å². The van der Waals surface area contributed by atoms with Gasteiger partial charge in [-0.15, -0.1) is 0 Å². The molecule has 1 atom stereocenters. The third-order valence-corrected chi connectivity index (χ3v) is 9.58. The molecule has 4 aromatic rings. The van der Waals surface area contributed by atoms with Crippen LogP contribution >= 0.6 is 15.9 Å². The third kappa shape index (κ3) is 9.43. The zero-order chi connectivity index (χ0) is 33.1. The summed E-state index contributed by atoms with van der Waals surface area (Å²) in [6, 6.07) is 30.7. The average Bonchev–Trinajstić information content (AvgIpc) is 3.06. The number of hydrogen-bond donors (Lipinski definition) is 1. The molecular formula is C36H40BrN3O5S. The lowest BCUT2D eigenvalue weighted by atomic mass is 10.0. The molecule has 4 aromatic carbocycles. The fourth-order valence-electron chi connectivity index (χ4n) is 4.89. The smallest absolute Gasteiger partial charge is 0.264 e. The van der Waals surface area contributed by atoms with Crippen molar-refractivity contribution < 1.29 is 22.7 Å². The number of ether oxygens (including phenoxy) is 1. The lowest BCUT2D eigenvalue weighted by Crippen LogP contribution is -2.53. The first kappa shape index (κ1) is 34.7. The highest BCUT2D eigenvalue weighted by Gasteiger charge is 2.34. The molecule has 0 fully saturated rings. The summed E-state index contributed by atoms with van der Waals surface area (Å²) in [7, 11) is -4.20. The van der Waals surface area contributed by atoms with E-state index in [0.29, 0.717) is 24.6 Å². The molecule has 0 spiro atoms. The van der Waals surface area contributed by atoms with Gasteiger partial charge >= 0.3 is 0 Å². The zero-order valence-corrected chi connectivity index (χ0v) is 28.7. The average molecular weight is 707 g/mol. The van der Waals surface area contributed by atoms with Gasteiger partial charge in [0.25, 0.3) is 10.0 Å². The Balaban J connectivity index is 1.76. The van der Waals surface area contributed by atoms with Gasteiger partial charge in [0, 0.05) is 24.0 Å². The number of halogens is 1. The van der Waals surface area contributed by atoms with Crippen molar-refractivity contribution in [3.05, 3.63) is 125 Å². The van der Waals surface area contributed by atoms with Crippen LogP contribution in [0.3, 0.4) is 0 Å². The SMILES string of the molecule is CCOc1ccc(S(=O)(=O)N(CC(=O)N(Cc2ccc(Br)cc2)[C@@H](Cc2ccccc2)C(=O)NCC(C)C)c2ccccc2)cc1. The third-order valence-electron chi connectivity index (χ3n) is 7.27. The fourth-order valence-corrected chi connectivity index (χ4v) is 6.57. The van der Waals surface area contributed by atoms with Gasteiger partial charge in [-0.1, -0.05) is 90.4 Å². The summed E-state index contributed by atoms with van der Waals surface area (Å²) in [5.41, 5.74) is 2.01. The van der Waals surface area contributed by atoms with Gasteiger partial charge in [0.05, 0.1) is 17.2 Å². The molecule has 0 aliphatic carbocycles. The summed E-state index contributed by atoms with van der Waals surface area (Å²) in [6.45, 7) is 6.32. The molecule has 0 saturated heterocycles. The maximum Gasteiger partial charge on any atom is 0.264 e. The van der Waals surface area contributed by atoms with E-state index < -0.39 is 28.5 Å². The van der Waals surface area contributed by atoms with Crippen LogP contribution in [0.4, 0.5) is 5.69 Å². The minimum atomic E-state index is -4.20. The van der Waals surface area contributed by atoms with Crippen LogP contribution < -0.4 is 14.4 Å². The van der Waals surface area contributed by atoms with Crippen molar-refractivity contribution in [3.63, 3.8) is 0 Å². The van der Waals surface area contributed by atoms with Gasteiger partial charge in [-0.2, -0.15) is 0 Å². The normalized spacial score (nSPS) is 11.9. The standard InChI is InChI=1S/C36H40BrN3O5S/c1-4-45-32-19-21-33(22-20-32)46(43,44)40(31-13-9-6-10-14-31)26-35(41)39(25-29-15-17-30(37)18-16-29)34(36(42)38-24-27(2)3)23-28-11-7-5-8-12-28/h5-22,27,34H,4,23-26H2,1-3H3,(H,38,42)/t34-/m0/s1. The topological polar surface area (TPSA) is 96.0 Å². The maximum absolute atomic E-state index is 14.5. The lowest BCUT2D eigenvalue weighted by Gasteiger charge is -2.34. The summed E-state index contributed by atoms with van der Waals surface area (Å²) in [5, 5.41) is 3.01. The first-order chi connectivity index (χ1) is 22.1. The number of para-hydroxylation sites is 1. The van der Waals surface area contributed by atoms with Crippen molar-refractivity contribution in [2.45, 2.75) is 44.7 Å². The van der Waals surface area contributed by atoms with Crippen molar-refractivity contribution in [1.29, 1.82) is 0 Å². The highest BCUT2D eigenvalue weighted by Crippen LogP contribution is 2.26. The first-order valence-electron chi connectivity index (χ1n) is 15.2. The van der Waals surface area contributed by atoms with Gasteiger partial charge < -0.3 is 15.0 Å². The summed E-state index contributed by atoms with van der Waals surface area (Å²) < 4.78 is 35.8. The van der Waals surface area contributed by atoms with E-state index in [1.54, 1.807) is 42.5 Å². The quantitative estimate of drug-likeness (QED) is 0.153. The molecule has 0 aliphatic heterocycles. The van der Waals surface area contributed by atoms with Crippen molar-refractivity contribution in [2.24, 2.45) is 5.92 Å². The first-order valence-corrected chi connectivity index (χ1v) is 17.5. The van der Waals surface area contributed by atoms with E-state index in [2.05, 4.69) is 21.2 Å². The predicted molar refractivity (Wildman–Crippen MR) is 185 cm³/mol. The minimum Gasteiger partial charge on any atom is -0.494 e. The molecule has 2 amide bonds. The Bertz CT molecular complexity index is 1670. The molecule has 242 valence electrons. The number of anilines is 1. The molecule has 0 aliphatic rings. The van der Waals surface area contributed by atoms with Crippen molar-refractivity contribution in [1.82, 2.24) is 10.2 Å². The van der Waals surface area contributed by atoms with Crippen LogP contribution in [-0.4, -0.2) is 50.9 Å². The summed E-state index contributed by atoms with van der Waals surface area (Å²) in [4.78, 5) is 29.9. The molecule has 4 rings (SSSR count). The van der Waals surface area contributed by atoms with Crippen LogP contribution in [0.5, 0.6) is 5.75 Å². The molecule has 0 saturated carbocycles. The van der Waals surface area contributed by atoms with Gasteiger partial charge in [0.15, 0.2) is 0 Å². The number of carbonyl (C=O) groups is 2. The molecule has 0 aromatic heterocycles. The number of sulfonamides is 1. The van der Waals surface area contributed by atoms with E-state index in [1.165, 1.54) is 17.0 Å². The van der Waals surface area contributed by atoms with Crippen LogP contribution in [0.1, 0.15) is 31.9 Å². The number of carbonyl (C=O) groups excluding carboxylic acids is 2. The highest BCUT2D eigenvalue weighted by molar-refractivity contribution is 9.10. The predicted octanol–water partition coefficient (Wildman–Crippen LogP) is 6.46. The number of hydrogen-bond acceptors (Lipinski definition) is 5. The Morgan fingerprint density at radius 1 is 0.826 bits per heavy atom. The van der Waals surface area contributed by atoms with Gasteiger partial charge in [0.1, 0.15) is 18.3 Å². The molecule has 0 bridgehead atoms. The van der Waals surface area contributed by atoms with Gasteiger partial charge in [-0.25, -0.2) is 8.42 Å². The Morgan fingerprint density at radius 2 is 1.43 bits per heavy atom. The highest BCUT2D eigenvalue weighted by atomic mass is 79.9. The van der Waals surface area contributed by atoms with Crippen LogP contribution in [0, 0.1) is 5.92 Å². The van der Waals surface area contributed by atoms with Crippen LogP contribution in [0.15, 0.2) is 119 Å². The molecule has 0 unspecified atom stereocenters. The summed E-state index contributed by atoms with van der Waals surface area (Å²) in [5.74, 6) is -0.0732. The summed E-state index contributed by atoms with van der Waals surface area (Å²) in [6.07, 6.45) is 0.254. The van der Waals surface area contributed by atoms with E-state index in [1.807, 2.05) is 75.4 Å². The molecule has 1 N–H and O–H groups in total.